The average molecular weight is 392 g/mol. The molecule has 29 heavy (non-hydrogen) atoms. The molecular weight excluding hydrogens is 362 g/mol. The molecule has 1 fully saturated rings. The van der Waals surface area contributed by atoms with Crippen LogP contribution in [0.2, 0.25) is 0 Å². The van der Waals surface area contributed by atoms with Crippen molar-refractivity contribution in [3.63, 3.8) is 0 Å². The Kier molecular flexibility index (Phi) is 6.25. The predicted octanol–water partition coefficient (Wildman–Crippen LogP) is 3.53. The summed E-state index contributed by atoms with van der Waals surface area (Å²) in [7, 11) is 0. The first-order chi connectivity index (χ1) is 14.2. The van der Waals surface area contributed by atoms with Crippen LogP contribution in [0.5, 0.6) is 0 Å². The first kappa shape index (κ1) is 19.6. The van der Waals surface area contributed by atoms with Crippen molar-refractivity contribution >= 4 is 17.5 Å². The molecule has 1 aliphatic heterocycles. The molecule has 0 saturated carbocycles. The van der Waals surface area contributed by atoms with Gasteiger partial charge in [-0.3, -0.25) is 14.5 Å². The van der Waals surface area contributed by atoms with E-state index in [2.05, 4.69) is 33.7 Å². The minimum atomic E-state index is -0.0767. The molecule has 152 valence electrons. The third-order valence-corrected chi connectivity index (χ3v) is 5.99. The summed E-state index contributed by atoms with van der Waals surface area (Å²) < 4.78 is 0. The van der Waals surface area contributed by atoms with E-state index in [1.807, 2.05) is 36.4 Å². The third-order valence-electron chi connectivity index (χ3n) is 5.99. The van der Waals surface area contributed by atoms with Crippen LogP contribution in [0.1, 0.15) is 42.9 Å². The van der Waals surface area contributed by atoms with E-state index in [4.69, 9.17) is 0 Å². The molecule has 0 radical (unpaired) electrons. The van der Waals surface area contributed by atoms with Crippen molar-refractivity contribution < 1.29 is 9.59 Å². The molecule has 0 bridgehead atoms. The van der Waals surface area contributed by atoms with E-state index in [0.717, 1.165) is 44.3 Å². The van der Waals surface area contributed by atoms with Crippen molar-refractivity contribution in [3.8, 4) is 0 Å². The molecule has 5 heteroatoms. The highest BCUT2D eigenvalue weighted by atomic mass is 16.2. The second-order valence-electron chi connectivity index (χ2n) is 8.14. The lowest BCUT2D eigenvalue weighted by Crippen LogP contribution is -2.46. The van der Waals surface area contributed by atoms with Crippen LogP contribution in [0.4, 0.5) is 5.69 Å². The van der Waals surface area contributed by atoms with Gasteiger partial charge in [0.05, 0.1) is 18.5 Å². The van der Waals surface area contributed by atoms with Gasteiger partial charge in [0.1, 0.15) is 0 Å². The number of hydrogen-bond donors (Lipinski definition) is 2. The molecule has 1 saturated heterocycles. The van der Waals surface area contributed by atoms with Crippen molar-refractivity contribution in [2.45, 2.75) is 38.1 Å². The summed E-state index contributed by atoms with van der Waals surface area (Å²) in [6, 6.07) is 18.1. The molecule has 2 amide bonds. The first-order valence-electron chi connectivity index (χ1n) is 10.6. The molecule has 5 nitrogen and oxygen atoms in total. The summed E-state index contributed by atoms with van der Waals surface area (Å²) in [6.45, 7) is 1.85. The Bertz CT molecular complexity index is 852. The molecule has 0 unspecified atom stereocenters. The van der Waals surface area contributed by atoms with Gasteiger partial charge in [-0.15, -0.1) is 0 Å². The molecule has 4 rings (SSSR count). The van der Waals surface area contributed by atoms with Gasteiger partial charge in [-0.2, -0.15) is 0 Å². The maximum atomic E-state index is 12.7. The number of piperidine rings is 1. The van der Waals surface area contributed by atoms with Crippen LogP contribution in [0.3, 0.4) is 0 Å². The Balaban J connectivity index is 1.30. The van der Waals surface area contributed by atoms with Crippen LogP contribution >= 0.6 is 0 Å². The number of fused-ring (bicyclic) bond motifs is 1. The van der Waals surface area contributed by atoms with Gasteiger partial charge in [-0.1, -0.05) is 42.5 Å². The lowest BCUT2D eigenvalue weighted by molar-refractivity contribution is -0.126. The van der Waals surface area contributed by atoms with Gasteiger partial charge in [-0.05, 0) is 61.9 Å². The standard InChI is InChI=1S/C24H29N3O2/c28-23(26-22-14-6-9-18-8-4-5-13-21(18)22)17-27-15-7-10-19(16-27)24(29)25-20-11-2-1-3-12-20/h1-5,8,11-13,19,22H,6-7,9-10,14-17H2,(H,25,29)(H,26,28)/t19-,22-/m1/s1. The summed E-state index contributed by atoms with van der Waals surface area (Å²) in [5, 5.41) is 6.22. The molecular formula is C24H29N3O2. The summed E-state index contributed by atoms with van der Waals surface area (Å²) in [6.07, 6.45) is 4.99. The average Bonchev–Trinajstić information content (AvgIpc) is 2.75. The van der Waals surface area contributed by atoms with Crippen molar-refractivity contribution in [2.24, 2.45) is 5.92 Å². The molecule has 2 aromatic rings. The lowest BCUT2D eigenvalue weighted by Gasteiger charge is -2.32. The van der Waals surface area contributed by atoms with Gasteiger partial charge in [0.15, 0.2) is 0 Å². The molecule has 1 aliphatic carbocycles. The zero-order valence-electron chi connectivity index (χ0n) is 16.8. The highest BCUT2D eigenvalue weighted by molar-refractivity contribution is 5.92. The van der Waals surface area contributed by atoms with Crippen LogP contribution in [0, 0.1) is 5.92 Å². The van der Waals surface area contributed by atoms with E-state index in [1.54, 1.807) is 0 Å². The van der Waals surface area contributed by atoms with Crippen molar-refractivity contribution in [3.05, 3.63) is 65.7 Å². The molecule has 2 N–H and O–H groups in total. The Hall–Kier alpha value is -2.66. The predicted molar refractivity (Wildman–Crippen MR) is 114 cm³/mol. The Morgan fingerprint density at radius 2 is 1.76 bits per heavy atom. The van der Waals surface area contributed by atoms with Gasteiger partial charge in [0.2, 0.25) is 11.8 Å². The minimum Gasteiger partial charge on any atom is -0.348 e. The maximum Gasteiger partial charge on any atom is 0.234 e. The summed E-state index contributed by atoms with van der Waals surface area (Å²) >= 11 is 0. The second-order valence-corrected chi connectivity index (χ2v) is 8.14. The molecule has 1 heterocycles. The number of nitrogens with one attached hydrogen (secondary N) is 2. The van der Waals surface area contributed by atoms with Gasteiger partial charge < -0.3 is 10.6 Å². The van der Waals surface area contributed by atoms with Gasteiger partial charge >= 0.3 is 0 Å². The number of rotatable bonds is 5. The van der Waals surface area contributed by atoms with E-state index in [1.165, 1.54) is 11.1 Å². The fourth-order valence-electron chi connectivity index (χ4n) is 4.53. The number of amides is 2. The van der Waals surface area contributed by atoms with Gasteiger partial charge in [0, 0.05) is 12.2 Å². The van der Waals surface area contributed by atoms with Crippen molar-refractivity contribution in [1.29, 1.82) is 0 Å². The number of carbonyl (C=O) groups excluding carboxylic acids is 2. The molecule has 0 spiro atoms. The normalized spacial score (nSPS) is 21.8. The highest BCUT2D eigenvalue weighted by Crippen LogP contribution is 2.29. The number of aryl methyl sites for hydroxylation is 1. The van der Waals surface area contributed by atoms with Gasteiger partial charge in [-0.25, -0.2) is 0 Å². The fourth-order valence-corrected chi connectivity index (χ4v) is 4.53. The molecule has 0 aromatic heterocycles. The van der Waals surface area contributed by atoms with Crippen LogP contribution in [0.25, 0.3) is 0 Å². The monoisotopic (exact) mass is 391 g/mol. The lowest BCUT2D eigenvalue weighted by atomic mass is 9.88. The van der Waals surface area contributed by atoms with Crippen molar-refractivity contribution in [2.75, 3.05) is 25.0 Å². The zero-order valence-corrected chi connectivity index (χ0v) is 16.8. The maximum absolute atomic E-state index is 12.7. The summed E-state index contributed by atoms with van der Waals surface area (Å²) in [5.74, 6) is 0.0190. The SMILES string of the molecule is O=C(CN1CCC[C@@H](C(=O)Nc2ccccc2)C1)N[C@@H]1CCCc2ccccc21. The number of likely N-dealkylation sites (tertiary alicyclic amines) is 1. The van der Waals surface area contributed by atoms with Crippen molar-refractivity contribution in [1.82, 2.24) is 10.2 Å². The van der Waals surface area contributed by atoms with E-state index in [9.17, 15) is 9.59 Å². The topological polar surface area (TPSA) is 61.4 Å². The molecule has 2 aliphatic rings. The Morgan fingerprint density at radius 1 is 0.966 bits per heavy atom. The van der Waals surface area contributed by atoms with E-state index >= 15 is 0 Å². The number of para-hydroxylation sites is 1. The smallest absolute Gasteiger partial charge is 0.234 e. The zero-order chi connectivity index (χ0) is 20.1. The second kappa shape index (κ2) is 9.23. The van der Waals surface area contributed by atoms with Crippen LogP contribution in [0.15, 0.2) is 54.6 Å². The number of nitrogens with zero attached hydrogens (tertiary/aromatic N) is 1. The number of hydrogen-bond acceptors (Lipinski definition) is 3. The van der Waals surface area contributed by atoms with Gasteiger partial charge in [0.25, 0.3) is 0 Å². The Morgan fingerprint density at radius 3 is 2.62 bits per heavy atom. The third kappa shape index (κ3) is 5.04. The van der Waals surface area contributed by atoms with Crippen LogP contribution in [-0.2, 0) is 16.0 Å². The first-order valence-corrected chi connectivity index (χ1v) is 10.6. The van der Waals surface area contributed by atoms with E-state index < -0.39 is 0 Å². The highest BCUT2D eigenvalue weighted by Gasteiger charge is 2.28. The molecule has 2 aromatic carbocycles. The van der Waals surface area contributed by atoms with Crippen LogP contribution < -0.4 is 10.6 Å². The van der Waals surface area contributed by atoms with Crippen LogP contribution in [-0.4, -0.2) is 36.3 Å². The fraction of sp³-hybridized carbons (Fsp3) is 0.417. The Labute approximate surface area is 172 Å². The minimum absolute atomic E-state index is 0.0440. The summed E-state index contributed by atoms with van der Waals surface area (Å²) in [4.78, 5) is 27.4. The summed E-state index contributed by atoms with van der Waals surface area (Å²) in [5.41, 5.74) is 3.42. The largest absolute Gasteiger partial charge is 0.348 e. The van der Waals surface area contributed by atoms with E-state index in [0.29, 0.717) is 13.1 Å². The number of benzene rings is 2. The quantitative estimate of drug-likeness (QED) is 0.820. The van der Waals surface area contributed by atoms with E-state index in [-0.39, 0.29) is 23.8 Å². The number of carbonyl (C=O) groups is 2. The number of anilines is 1. The molecule has 2 atom stereocenters.